The lowest BCUT2D eigenvalue weighted by molar-refractivity contribution is -0.0281. The molecule has 0 aromatic rings. The molecule has 0 heterocycles. The number of ether oxygens (including phenoxy) is 1. The molecule has 1 fully saturated rings. The molecule has 0 aromatic carbocycles. The zero-order valence-electron chi connectivity index (χ0n) is 12.7. The van der Waals surface area contributed by atoms with Crippen LogP contribution in [0.25, 0.3) is 0 Å². The predicted molar refractivity (Wildman–Crippen MR) is 83.8 cm³/mol. The molecule has 1 rings (SSSR count). The van der Waals surface area contributed by atoms with Gasteiger partial charge >= 0.3 is 0 Å². The summed E-state index contributed by atoms with van der Waals surface area (Å²) in [7, 11) is 0. The summed E-state index contributed by atoms with van der Waals surface area (Å²) < 4.78 is 5.81. The largest absolute Gasteiger partial charge is 0.389 e. The molecule has 0 bridgehead atoms. The second-order valence-electron chi connectivity index (χ2n) is 5.84. The van der Waals surface area contributed by atoms with E-state index in [1.165, 1.54) is 12.8 Å². The van der Waals surface area contributed by atoms with Crippen LogP contribution in [0.15, 0.2) is 0 Å². The number of thioether (sulfide) groups is 1. The summed E-state index contributed by atoms with van der Waals surface area (Å²) in [5.74, 6) is 3.10. The van der Waals surface area contributed by atoms with Gasteiger partial charge in [-0.1, -0.05) is 13.8 Å². The van der Waals surface area contributed by atoms with Crippen molar-refractivity contribution in [2.45, 2.75) is 64.7 Å². The first-order valence-electron chi connectivity index (χ1n) is 7.72. The number of aliphatic hydroxyl groups is 1. The highest BCUT2D eigenvalue weighted by Crippen LogP contribution is 2.25. The van der Waals surface area contributed by atoms with Crippen LogP contribution in [-0.2, 0) is 4.74 Å². The van der Waals surface area contributed by atoms with Crippen LogP contribution in [0.1, 0.15) is 46.5 Å². The maximum Gasteiger partial charge on any atom is 0.0897 e. The second kappa shape index (κ2) is 10.0. The standard InChI is InChI=1S/C15H31NO2S/c1-4-19-11-13(3)16-9-14(17)10-18-15-7-5-12(2)6-8-15/h12-17H,4-11H2,1-3H3. The van der Waals surface area contributed by atoms with E-state index in [1.54, 1.807) is 0 Å². The van der Waals surface area contributed by atoms with Crippen molar-refractivity contribution in [1.29, 1.82) is 0 Å². The van der Waals surface area contributed by atoms with E-state index in [1.807, 2.05) is 11.8 Å². The van der Waals surface area contributed by atoms with Crippen molar-refractivity contribution >= 4 is 11.8 Å². The fourth-order valence-electron chi connectivity index (χ4n) is 2.39. The molecule has 1 saturated carbocycles. The molecule has 19 heavy (non-hydrogen) atoms. The van der Waals surface area contributed by atoms with Gasteiger partial charge in [0.25, 0.3) is 0 Å². The van der Waals surface area contributed by atoms with Gasteiger partial charge < -0.3 is 15.2 Å². The maximum atomic E-state index is 9.91. The lowest BCUT2D eigenvalue weighted by Crippen LogP contribution is -2.38. The van der Waals surface area contributed by atoms with E-state index in [0.29, 0.717) is 25.3 Å². The summed E-state index contributed by atoms with van der Waals surface area (Å²) in [4.78, 5) is 0. The normalized spacial score (nSPS) is 27.2. The molecule has 0 spiro atoms. The quantitative estimate of drug-likeness (QED) is 0.685. The van der Waals surface area contributed by atoms with Crippen molar-refractivity contribution in [2.24, 2.45) is 5.92 Å². The van der Waals surface area contributed by atoms with Gasteiger partial charge in [-0.25, -0.2) is 0 Å². The zero-order valence-corrected chi connectivity index (χ0v) is 13.5. The first-order chi connectivity index (χ1) is 9.11. The highest BCUT2D eigenvalue weighted by Gasteiger charge is 2.19. The summed E-state index contributed by atoms with van der Waals surface area (Å²) in [5.41, 5.74) is 0. The smallest absolute Gasteiger partial charge is 0.0897 e. The second-order valence-corrected chi connectivity index (χ2v) is 7.16. The Balaban J connectivity index is 2.02. The summed E-state index contributed by atoms with van der Waals surface area (Å²) in [6.45, 7) is 7.75. The van der Waals surface area contributed by atoms with Crippen LogP contribution < -0.4 is 5.32 Å². The van der Waals surface area contributed by atoms with Gasteiger partial charge in [0.05, 0.1) is 18.8 Å². The molecule has 3 nitrogen and oxygen atoms in total. The molecule has 114 valence electrons. The Morgan fingerprint density at radius 1 is 1.32 bits per heavy atom. The average Bonchev–Trinajstić information content (AvgIpc) is 2.42. The Morgan fingerprint density at radius 2 is 2.00 bits per heavy atom. The van der Waals surface area contributed by atoms with E-state index >= 15 is 0 Å². The summed E-state index contributed by atoms with van der Waals surface area (Å²) in [6.07, 6.45) is 4.84. The minimum absolute atomic E-state index is 0.374. The molecule has 0 radical (unpaired) electrons. The SMILES string of the molecule is CCSCC(C)NCC(O)COC1CCC(C)CC1. The average molecular weight is 289 g/mol. The molecular weight excluding hydrogens is 258 g/mol. The minimum atomic E-state index is -0.381. The Bertz CT molecular complexity index is 220. The molecule has 2 N–H and O–H groups in total. The molecule has 2 unspecified atom stereocenters. The van der Waals surface area contributed by atoms with Crippen molar-refractivity contribution < 1.29 is 9.84 Å². The fraction of sp³-hybridized carbons (Fsp3) is 1.00. The molecule has 4 heteroatoms. The fourth-order valence-corrected chi connectivity index (χ4v) is 3.10. The van der Waals surface area contributed by atoms with Crippen molar-refractivity contribution in [3.8, 4) is 0 Å². The highest BCUT2D eigenvalue weighted by atomic mass is 32.2. The van der Waals surface area contributed by atoms with Gasteiger partial charge in [-0.3, -0.25) is 0 Å². The third kappa shape index (κ3) is 8.18. The number of hydrogen-bond acceptors (Lipinski definition) is 4. The molecule has 0 amide bonds. The van der Waals surface area contributed by atoms with Crippen LogP contribution in [-0.4, -0.2) is 48.0 Å². The third-order valence-electron chi connectivity index (χ3n) is 3.76. The van der Waals surface area contributed by atoms with E-state index in [0.717, 1.165) is 30.3 Å². The Morgan fingerprint density at radius 3 is 2.63 bits per heavy atom. The van der Waals surface area contributed by atoms with Gasteiger partial charge in [-0.05, 0) is 44.3 Å². The number of aliphatic hydroxyl groups excluding tert-OH is 1. The number of hydrogen-bond donors (Lipinski definition) is 2. The van der Waals surface area contributed by atoms with Gasteiger partial charge in [0.2, 0.25) is 0 Å². The van der Waals surface area contributed by atoms with Crippen LogP contribution in [0.4, 0.5) is 0 Å². The summed E-state index contributed by atoms with van der Waals surface area (Å²) in [6, 6.07) is 0.454. The molecular formula is C15H31NO2S. The summed E-state index contributed by atoms with van der Waals surface area (Å²) in [5, 5.41) is 13.3. The van der Waals surface area contributed by atoms with Crippen molar-refractivity contribution in [3.05, 3.63) is 0 Å². The first kappa shape index (κ1) is 17.3. The monoisotopic (exact) mass is 289 g/mol. The topological polar surface area (TPSA) is 41.5 Å². The van der Waals surface area contributed by atoms with E-state index in [-0.39, 0.29) is 6.10 Å². The van der Waals surface area contributed by atoms with Gasteiger partial charge in [0, 0.05) is 18.3 Å². The van der Waals surface area contributed by atoms with E-state index in [4.69, 9.17) is 4.74 Å². The molecule has 1 aliphatic carbocycles. The van der Waals surface area contributed by atoms with E-state index in [9.17, 15) is 5.11 Å². The van der Waals surface area contributed by atoms with Gasteiger partial charge in [-0.2, -0.15) is 11.8 Å². The van der Waals surface area contributed by atoms with Crippen LogP contribution in [0.2, 0.25) is 0 Å². The third-order valence-corrected chi connectivity index (χ3v) is 4.91. The Kier molecular flexibility index (Phi) is 9.12. The molecule has 0 saturated heterocycles. The van der Waals surface area contributed by atoms with Crippen molar-refractivity contribution in [1.82, 2.24) is 5.32 Å². The van der Waals surface area contributed by atoms with Crippen LogP contribution >= 0.6 is 11.8 Å². The molecule has 0 aliphatic heterocycles. The molecule has 0 aromatic heterocycles. The predicted octanol–water partition coefficient (Wildman–Crippen LogP) is 2.67. The summed E-state index contributed by atoms with van der Waals surface area (Å²) >= 11 is 1.93. The number of rotatable bonds is 9. The lowest BCUT2D eigenvalue weighted by Gasteiger charge is -2.27. The van der Waals surface area contributed by atoms with Gasteiger partial charge in [-0.15, -0.1) is 0 Å². The van der Waals surface area contributed by atoms with Crippen LogP contribution in [0.3, 0.4) is 0 Å². The molecule has 2 atom stereocenters. The maximum absolute atomic E-state index is 9.91. The van der Waals surface area contributed by atoms with Gasteiger partial charge in [0.15, 0.2) is 0 Å². The van der Waals surface area contributed by atoms with Crippen LogP contribution in [0, 0.1) is 5.92 Å². The van der Waals surface area contributed by atoms with Gasteiger partial charge in [0.1, 0.15) is 0 Å². The number of nitrogens with one attached hydrogen (secondary N) is 1. The van der Waals surface area contributed by atoms with Crippen molar-refractivity contribution in [3.63, 3.8) is 0 Å². The molecule has 1 aliphatic rings. The zero-order chi connectivity index (χ0) is 14.1. The van der Waals surface area contributed by atoms with Crippen molar-refractivity contribution in [2.75, 3.05) is 24.7 Å². The Labute approximate surface area is 122 Å². The lowest BCUT2D eigenvalue weighted by atomic mass is 9.89. The van der Waals surface area contributed by atoms with Crippen LogP contribution in [0.5, 0.6) is 0 Å². The highest BCUT2D eigenvalue weighted by molar-refractivity contribution is 7.99. The minimum Gasteiger partial charge on any atom is -0.389 e. The van der Waals surface area contributed by atoms with E-state index in [2.05, 4.69) is 26.1 Å². The van der Waals surface area contributed by atoms with E-state index < -0.39 is 0 Å². The Hall–Kier alpha value is 0.230. The first-order valence-corrected chi connectivity index (χ1v) is 8.88.